The third-order valence-corrected chi connectivity index (χ3v) is 2.75. The minimum atomic E-state index is 0.112. The summed E-state index contributed by atoms with van der Waals surface area (Å²) in [5.74, 6) is 0.112. The van der Waals surface area contributed by atoms with Crippen molar-refractivity contribution in [3.05, 3.63) is 29.8 Å². The first kappa shape index (κ1) is 10.0. The Morgan fingerprint density at radius 1 is 1.33 bits per heavy atom. The monoisotopic (exact) mass is 204 g/mol. The second-order valence-electron chi connectivity index (χ2n) is 3.79. The number of hydrogen-bond acceptors (Lipinski definition) is 2. The number of nitrogens with one attached hydrogen (secondary N) is 1. The van der Waals surface area contributed by atoms with Crippen molar-refractivity contribution in [2.45, 2.75) is 13.3 Å². The van der Waals surface area contributed by atoms with Gasteiger partial charge >= 0.3 is 0 Å². The number of rotatable bonds is 2. The van der Waals surface area contributed by atoms with Crippen LogP contribution in [0.2, 0.25) is 0 Å². The Bertz CT molecular complexity index is 345. The third-order valence-electron chi connectivity index (χ3n) is 2.75. The van der Waals surface area contributed by atoms with Crippen molar-refractivity contribution in [1.82, 2.24) is 5.32 Å². The van der Waals surface area contributed by atoms with Gasteiger partial charge in [-0.1, -0.05) is 19.1 Å². The van der Waals surface area contributed by atoms with Gasteiger partial charge < -0.3 is 10.2 Å². The Morgan fingerprint density at radius 3 is 2.67 bits per heavy atom. The summed E-state index contributed by atoms with van der Waals surface area (Å²) < 4.78 is 0. The third kappa shape index (κ3) is 2.29. The van der Waals surface area contributed by atoms with Crippen LogP contribution in [0.15, 0.2) is 24.3 Å². The van der Waals surface area contributed by atoms with Gasteiger partial charge in [0.25, 0.3) is 0 Å². The van der Waals surface area contributed by atoms with E-state index in [0.717, 1.165) is 25.2 Å². The zero-order valence-corrected chi connectivity index (χ0v) is 8.99. The molecule has 0 bridgehead atoms. The molecule has 0 unspecified atom stereocenters. The predicted molar refractivity (Wildman–Crippen MR) is 61.0 cm³/mol. The minimum absolute atomic E-state index is 0.112. The number of benzene rings is 1. The minimum Gasteiger partial charge on any atom is -0.360 e. The fourth-order valence-corrected chi connectivity index (χ4v) is 1.80. The van der Waals surface area contributed by atoms with Gasteiger partial charge in [-0.25, -0.2) is 0 Å². The molecule has 1 N–H and O–H groups in total. The normalized spacial score (nSPS) is 16.3. The Labute approximate surface area is 90.1 Å². The van der Waals surface area contributed by atoms with E-state index >= 15 is 0 Å². The van der Waals surface area contributed by atoms with Gasteiger partial charge in [-0.2, -0.15) is 0 Å². The Balaban J connectivity index is 2.11. The van der Waals surface area contributed by atoms with Crippen molar-refractivity contribution >= 4 is 11.6 Å². The molecule has 0 radical (unpaired) electrons. The van der Waals surface area contributed by atoms with Crippen LogP contribution in [0, 0.1) is 0 Å². The van der Waals surface area contributed by atoms with Gasteiger partial charge in [-0.05, 0) is 24.1 Å². The van der Waals surface area contributed by atoms with Crippen LogP contribution in [0.5, 0.6) is 0 Å². The van der Waals surface area contributed by atoms with Gasteiger partial charge in [0.15, 0.2) is 0 Å². The van der Waals surface area contributed by atoms with Crippen molar-refractivity contribution in [2.24, 2.45) is 0 Å². The summed E-state index contributed by atoms with van der Waals surface area (Å²) >= 11 is 0. The molecule has 2 rings (SSSR count). The Morgan fingerprint density at radius 2 is 2.07 bits per heavy atom. The van der Waals surface area contributed by atoms with Crippen LogP contribution in [-0.2, 0) is 11.2 Å². The molecule has 1 amide bonds. The zero-order chi connectivity index (χ0) is 10.7. The van der Waals surface area contributed by atoms with Gasteiger partial charge in [-0.15, -0.1) is 0 Å². The zero-order valence-electron chi connectivity index (χ0n) is 8.99. The molecule has 0 saturated carbocycles. The molecule has 1 aromatic carbocycles. The number of piperazine rings is 1. The lowest BCUT2D eigenvalue weighted by Crippen LogP contribution is -2.47. The first-order valence-electron chi connectivity index (χ1n) is 5.40. The largest absolute Gasteiger partial charge is 0.360 e. The lowest BCUT2D eigenvalue weighted by molar-refractivity contribution is -0.120. The van der Waals surface area contributed by atoms with Crippen LogP contribution in [0.25, 0.3) is 0 Å². The molecule has 3 heteroatoms. The van der Waals surface area contributed by atoms with E-state index < -0.39 is 0 Å². The summed E-state index contributed by atoms with van der Waals surface area (Å²) in [6, 6.07) is 8.44. The first-order chi connectivity index (χ1) is 7.29. The van der Waals surface area contributed by atoms with Gasteiger partial charge in [0.05, 0.1) is 6.54 Å². The fourth-order valence-electron chi connectivity index (χ4n) is 1.80. The highest BCUT2D eigenvalue weighted by Crippen LogP contribution is 2.16. The Hall–Kier alpha value is -1.51. The van der Waals surface area contributed by atoms with Gasteiger partial charge in [0.1, 0.15) is 0 Å². The van der Waals surface area contributed by atoms with Crippen molar-refractivity contribution in [3.8, 4) is 0 Å². The molecule has 15 heavy (non-hydrogen) atoms. The van der Waals surface area contributed by atoms with Crippen LogP contribution < -0.4 is 10.2 Å². The molecule has 1 heterocycles. The van der Waals surface area contributed by atoms with E-state index in [9.17, 15) is 4.79 Å². The standard InChI is InChI=1S/C12H16N2O/c1-2-10-3-5-11(6-4-10)14-8-7-13-12(15)9-14/h3-6H,2,7-9H2,1H3,(H,13,15). The number of hydrogen-bond donors (Lipinski definition) is 1. The lowest BCUT2D eigenvalue weighted by Gasteiger charge is -2.28. The molecular weight excluding hydrogens is 188 g/mol. The van der Waals surface area contributed by atoms with Gasteiger partial charge in [0.2, 0.25) is 5.91 Å². The summed E-state index contributed by atoms with van der Waals surface area (Å²) in [6.45, 7) is 4.26. The SMILES string of the molecule is CCc1ccc(N2CCNC(=O)C2)cc1. The molecular formula is C12H16N2O. The van der Waals surface area contributed by atoms with E-state index in [0.29, 0.717) is 6.54 Å². The van der Waals surface area contributed by atoms with Crippen molar-refractivity contribution in [1.29, 1.82) is 0 Å². The number of carbonyl (C=O) groups excluding carboxylic acids is 1. The predicted octanol–water partition coefficient (Wildman–Crippen LogP) is 1.19. The van der Waals surface area contributed by atoms with E-state index in [-0.39, 0.29) is 5.91 Å². The van der Waals surface area contributed by atoms with E-state index in [1.807, 2.05) is 0 Å². The number of nitrogens with zero attached hydrogens (tertiary/aromatic N) is 1. The molecule has 1 fully saturated rings. The molecule has 1 saturated heterocycles. The number of amides is 1. The van der Waals surface area contributed by atoms with Crippen LogP contribution in [-0.4, -0.2) is 25.5 Å². The molecule has 0 aromatic heterocycles. The summed E-state index contributed by atoms with van der Waals surface area (Å²) in [5.41, 5.74) is 2.47. The maximum Gasteiger partial charge on any atom is 0.239 e. The molecule has 0 spiro atoms. The van der Waals surface area contributed by atoms with E-state index in [1.165, 1.54) is 5.56 Å². The average Bonchev–Trinajstić information content (AvgIpc) is 2.29. The summed E-state index contributed by atoms with van der Waals surface area (Å²) in [7, 11) is 0. The van der Waals surface area contributed by atoms with Crippen LogP contribution >= 0.6 is 0 Å². The number of carbonyl (C=O) groups is 1. The highest BCUT2D eigenvalue weighted by atomic mass is 16.2. The number of anilines is 1. The molecule has 1 aromatic rings. The fraction of sp³-hybridized carbons (Fsp3) is 0.417. The molecule has 3 nitrogen and oxygen atoms in total. The van der Waals surface area contributed by atoms with Crippen molar-refractivity contribution < 1.29 is 4.79 Å². The van der Waals surface area contributed by atoms with E-state index in [2.05, 4.69) is 41.4 Å². The molecule has 0 aliphatic carbocycles. The topological polar surface area (TPSA) is 32.3 Å². The molecule has 1 aliphatic heterocycles. The van der Waals surface area contributed by atoms with Gasteiger partial charge in [0, 0.05) is 18.8 Å². The maximum absolute atomic E-state index is 11.2. The summed E-state index contributed by atoms with van der Waals surface area (Å²) in [6.07, 6.45) is 1.06. The first-order valence-corrected chi connectivity index (χ1v) is 5.40. The lowest BCUT2D eigenvalue weighted by atomic mass is 10.1. The van der Waals surface area contributed by atoms with Crippen LogP contribution in [0.1, 0.15) is 12.5 Å². The summed E-state index contributed by atoms with van der Waals surface area (Å²) in [5, 5.41) is 2.82. The van der Waals surface area contributed by atoms with Crippen LogP contribution in [0.4, 0.5) is 5.69 Å². The smallest absolute Gasteiger partial charge is 0.239 e. The Kier molecular flexibility index (Phi) is 2.90. The van der Waals surface area contributed by atoms with Crippen molar-refractivity contribution in [2.75, 3.05) is 24.5 Å². The van der Waals surface area contributed by atoms with E-state index in [1.54, 1.807) is 0 Å². The summed E-state index contributed by atoms with van der Waals surface area (Å²) in [4.78, 5) is 13.3. The van der Waals surface area contributed by atoms with Gasteiger partial charge in [-0.3, -0.25) is 4.79 Å². The molecule has 0 atom stereocenters. The number of aryl methyl sites for hydroxylation is 1. The second kappa shape index (κ2) is 4.34. The molecule has 80 valence electrons. The second-order valence-corrected chi connectivity index (χ2v) is 3.79. The quantitative estimate of drug-likeness (QED) is 0.784. The highest BCUT2D eigenvalue weighted by Gasteiger charge is 2.15. The molecule has 1 aliphatic rings. The van der Waals surface area contributed by atoms with Crippen LogP contribution in [0.3, 0.4) is 0 Å². The average molecular weight is 204 g/mol. The van der Waals surface area contributed by atoms with E-state index in [4.69, 9.17) is 0 Å². The highest BCUT2D eigenvalue weighted by molar-refractivity contribution is 5.82. The van der Waals surface area contributed by atoms with Crippen molar-refractivity contribution in [3.63, 3.8) is 0 Å². The maximum atomic E-state index is 11.2.